The van der Waals surface area contributed by atoms with E-state index in [1.54, 1.807) is 0 Å². The zero-order valence-electron chi connectivity index (χ0n) is 16.3. The molecule has 4 rings (SSSR count). The van der Waals surface area contributed by atoms with Gasteiger partial charge in [0.05, 0.1) is 12.5 Å². The minimum absolute atomic E-state index is 0.0122. The van der Waals surface area contributed by atoms with Gasteiger partial charge < -0.3 is 15.0 Å². The molecule has 0 aromatic heterocycles. The van der Waals surface area contributed by atoms with Gasteiger partial charge in [-0.3, -0.25) is 9.69 Å². The number of amides is 1. The van der Waals surface area contributed by atoms with Crippen LogP contribution in [0.1, 0.15) is 17.5 Å². The monoisotopic (exact) mass is 379 g/mol. The molecule has 1 amide bonds. The van der Waals surface area contributed by atoms with Crippen LogP contribution in [0.3, 0.4) is 0 Å². The number of piperazine rings is 1. The number of rotatable bonds is 6. The number of para-hydroxylation sites is 1. The van der Waals surface area contributed by atoms with Crippen molar-refractivity contribution in [2.45, 2.75) is 19.5 Å². The second-order valence-corrected chi connectivity index (χ2v) is 7.65. The number of anilines is 1. The summed E-state index contributed by atoms with van der Waals surface area (Å²) >= 11 is 0. The van der Waals surface area contributed by atoms with Crippen LogP contribution in [0, 0.1) is 5.92 Å². The van der Waals surface area contributed by atoms with Gasteiger partial charge in [0, 0.05) is 51.6 Å². The molecule has 148 valence electrons. The van der Waals surface area contributed by atoms with Crippen molar-refractivity contribution in [2.75, 3.05) is 44.3 Å². The van der Waals surface area contributed by atoms with Gasteiger partial charge in [-0.15, -0.1) is 0 Å². The first-order chi connectivity index (χ1) is 13.8. The van der Waals surface area contributed by atoms with Gasteiger partial charge in [0.25, 0.3) is 0 Å². The van der Waals surface area contributed by atoms with Crippen LogP contribution in [0.5, 0.6) is 0 Å². The molecule has 0 saturated carbocycles. The number of benzene rings is 2. The Labute approximate surface area is 167 Å². The van der Waals surface area contributed by atoms with Gasteiger partial charge in [-0.2, -0.15) is 0 Å². The van der Waals surface area contributed by atoms with Gasteiger partial charge in [-0.25, -0.2) is 0 Å². The zero-order valence-corrected chi connectivity index (χ0v) is 16.3. The fourth-order valence-corrected chi connectivity index (χ4v) is 4.00. The summed E-state index contributed by atoms with van der Waals surface area (Å²) in [6, 6.07) is 19.1. The first-order valence-corrected chi connectivity index (χ1v) is 10.2. The third-order valence-electron chi connectivity index (χ3n) is 5.76. The van der Waals surface area contributed by atoms with Crippen molar-refractivity contribution < 1.29 is 9.53 Å². The predicted molar refractivity (Wildman–Crippen MR) is 111 cm³/mol. The van der Waals surface area contributed by atoms with Gasteiger partial charge in [0.1, 0.15) is 0 Å². The largest absolute Gasteiger partial charge is 0.381 e. The van der Waals surface area contributed by atoms with E-state index in [0.29, 0.717) is 19.8 Å². The van der Waals surface area contributed by atoms with Gasteiger partial charge in [0.15, 0.2) is 0 Å². The van der Waals surface area contributed by atoms with Gasteiger partial charge in [0.2, 0.25) is 5.91 Å². The van der Waals surface area contributed by atoms with Crippen molar-refractivity contribution in [3.05, 3.63) is 65.7 Å². The molecule has 5 heteroatoms. The third-order valence-corrected chi connectivity index (χ3v) is 5.76. The van der Waals surface area contributed by atoms with E-state index in [-0.39, 0.29) is 11.8 Å². The lowest BCUT2D eigenvalue weighted by Crippen LogP contribution is -2.46. The highest BCUT2D eigenvalue weighted by Gasteiger charge is 2.23. The zero-order chi connectivity index (χ0) is 19.2. The number of ether oxygens (including phenoxy) is 1. The Morgan fingerprint density at radius 2 is 1.68 bits per heavy atom. The van der Waals surface area contributed by atoms with E-state index < -0.39 is 0 Å². The van der Waals surface area contributed by atoms with Crippen LogP contribution in [0.2, 0.25) is 0 Å². The predicted octanol–water partition coefficient (Wildman–Crippen LogP) is 2.66. The van der Waals surface area contributed by atoms with E-state index in [2.05, 4.69) is 69.7 Å². The van der Waals surface area contributed by atoms with Crippen molar-refractivity contribution in [3.8, 4) is 0 Å². The minimum atomic E-state index is 0.0122. The summed E-state index contributed by atoms with van der Waals surface area (Å²) in [5.74, 6) is 0.127. The molecule has 2 aromatic carbocycles. The molecule has 1 N–H and O–H groups in total. The van der Waals surface area contributed by atoms with Crippen LogP contribution in [-0.2, 0) is 22.6 Å². The summed E-state index contributed by atoms with van der Waals surface area (Å²) in [6.07, 6.45) is 0.833. The summed E-state index contributed by atoms with van der Waals surface area (Å²) in [4.78, 5) is 17.2. The van der Waals surface area contributed by atoms with Crippen molar-refractivity contribution in [2.24, 2.45) is 5.92 Å². The van der Waals surface area contributed by atoms with Crippen LogP contribution in [0.25, 0.3) is 0 Å². The maximum absolute atomic E-state index is 12.3. The number of hydrogen-bond acceptors (Lipinski definition) is 4. The summed E-state index contributed by atoms with van der Waals surface area (Å²) < 4.78 is 5.32. The molecular formula is C23H29N3O2. The molecule has 1 atom stereocenters. The Morgan fingerprint density at radius 3 is 2.39 bits per heavy atom. The lowest BCUT2D eigenvalue weighted by atomic mass is 10.1. The van der Waals surface area contributed by atoms with E-state index in [9.17, 15) is 4.79 Å². The van der Waals surface area contributed by atoms with Gasteiger partial charge in [-0.05, 0) is 29.7 Å². The second-order valence-electron chi connectivity index (χ2n) is 7.65. The Hall–Kier alpha value is -2.37. The van der Waals surface area contributed by atoms with Gasteiger partial charge >= 0.3 is 0 Å². The number of nitrogens with zero attached hydrogens (tertiary/aromatic N) is 2. The second kappa shape index (κ2) is 9.22. The average molecular weight is 380 g/mol. The smallest absolute Gasteiger partial charge is 0.225 e. The lowest BCUT2D eigenvalue weighted by Gasteiger charge is -2.36. The van der Waals surface area contributed by atoms with Crippen LogP contribution < -0.4 is 10.2 Å². The van der Waals surface area contributed by atoms with Crippen LogP contribution in [-0.4, -0.2) is 50.2 Å². The highest BCUT2D eigenvalue weighted by molar-refractivity contribution is 5.79. The summed E-state index contributed by atoms with van der Waals surface area (Å²) in [6.45, 7) is 6.97. The normalized spacial score (nSPS) is 20.3. The van der Waals surface area contributed by atoms with Crippen molar-refractivity contribution in [1.29, 1.82) is 0 Å². The van der Waals surface area contributed by atoms with E-state index in [4.69, 9.17) is 4.74 Å². The molecule has 0 unspecified atom stereocenters. The number of carbonyl (C=O) groups excluding carboxylic acids is 1. The fraction of sp³-hybridized carbons (Fsp3) is 0.435. The molecule has 2 heterocycles. The average Bonchev–Trinajstić information content (AvgIpc) is 3.29. The van der Waals surface area contributed by atoms with Gasteiger partial charge in [-0.1, -0.05) is 42.5 Å². The Bertz CT molecular complexity index is 766. The van der Waals surface area contributed by atoms with E-state index >= 15 is 0 Å². The molecule has 0 spiro atoms. The standard InChI is InChI=1S/C23H29N3O2/c27-23(21-10-15-28-18-21)24-16-19-6-4-5-7-20(19)17-25-11-13-26(14-12-25)22-8-2-1-3-9-22/h1-9,21H,10-18H2,(H,24,27)/t21-/m0/s1. The van der Waals surface area contributed by atoms with Crippen molar-refractivity contribution >= 4 is 11.6 Å². The SMILES string of the molecule is O=C(NCc1ccccc1CN1CCN(c2ccccc2)CC1)[C@H]1CCOC1. The fourth-order valence-electron chi connectivity index (χ4n) is 4.00. The highest BCUT2D eigenvalue weighted by atomic mass is 16.5. The third kappa shape index (κ3) is 4.72. The molecule has 2 aliphatic heterocycles. The molecule has 0 aliphatic carbocycles. The minimum Gasteiger partial charge on any atom is -0.381 e. The van der Waals surface area contributed by atoms with Crippen molar-refractivity contribution in [3.63, 3.8) is 0 Å². The first-order valence-electron chi connectivity index (χ1n) is 10.2. The van der Waals surface area contributed by atoms with Crippen LogP contribution in [0.4, 0.5) is 5.69 Å². The maximum atomic E-state index is 12.3. The van der Waals surface area contributed by atoms with E-state index in [1.165, 1.54) is 16.8 Å². The number of carbonyl (C=O) groups is 1. The highest BCUT2D eigenvalue weighted by Crippen LogP contribution is 2.18. The summed E-state index contributed by atoms with van der Waals surface area (Å²) in [7, 11) is 0. The topological polar surface area (TPSA) is 44.8 Å². The lowest BCUT2D eigenvalue weighted by molar-refractivity contribution is -0.125. The van der Waals surface area contributed by atoms with E-state index in [0.717, 1.165) is 39.1 Å². The maximum Gasteiger partial charge on any atom is 0.225 e. The molecule has 2 aromatic rings. The molecule has 2 saturated heterocycles. The van der Waals surface area contributed by atoms with Crippen molar-refractivity contribution in [1.82, 2.24) is 10.2 Å². The van der Waals surface area contributed by atoms with Crippen LogP contribution >= 0.6 is 0 Å². The Balaban J connectivity index is 1.31. The molecule has 0 bridgehead atoms. The molecule has 2 fully saturated rings. The summed E-state index contributed by atoms with van der Waals surface area (Å²) in [5.41, 5.74) is 3.82. The Kier molecular flexibility index (Phi) is 6.24. The number of hydrogen-bond donors (Lipinski definition) is 1. The molecule has 5 nitrogen and oxygen atoms in total. The van der Waals surface area contributed by atoms with Crippen LogP contribution in [0.15, 0.2) is 54.6 Å². The Morgan fingerprint density at radius 1 is 0.964 bits per heavy atom. The molecular weight excluding hydrogens is 350 g/mol. The number of nitrogens with one attached hydrogen (secondary N) is 1. The quantitative estimate of drug-likeness (QED) is 0.838. The van der Waals surface area contributed by atoms with E-state index in [1.807, 2.05) is 0 Å². The first kappa shape index (κ1) is 19.0. The molecule has 2 aliphatic rings. The molecule has 28 heavy (non-hydrogen) atoms. The molecule has 0 radical (unpaired) electrons. The summed E-state index contributed by atoms with van der Waals surface area (Å²) in [5, 5.41) is 3.10.